The lowest BCUT2D eigenvalue weighted by Crippen LogP contribution is -2.38. The fraction of sp³-hybridized carbons (Fsp3) is 0.294. The minimum atomic E-state index is -0.268. The number of nitriles is 1. The summed E-state index contributed by atoms with van der Waals surface area (Å²) in [5.74, 6) is 0.415. The topological polar surface area (TPSA) is 49.2 Å². The number of anilines is 1. The van der Waals surface area contributed by atoms with Gasteiger partial charge in [0.05, 0.1) is 0 Å². The number of hydrogen-bond acceptors (Lipinski definition) is 4. The third-order valence-corrected chi connectivity index (χ3v) is 4.01. The lowest BCUT2D eigenvalue weighted by atomic mass is 10.1. The maximum absolute atomic E-state index is 12.9. The molecule has 0 saturated carbocycles. The van der Waals surface area contributed by atoms with Crippen LogP contribution >= 0.6 is 11.6 Å². The normalized spacial score (nSPS) is 15.3. The zero-order valence-electron chi connectivity index (χ0n) is 12.4. The van der Waals surface area contributed by atoms with Crippen molar-refractivity contribution < 1.29 is 9.13 Å². The van der Waals surface area contributed by atoms with Gasteiger partial charge in [-0.25, -0.2) is 9.37 Å². The maximum Gasteiger partial charge on any atom is 0.144 e. The summed E-state index contributed by atoms with van der Waals surface area (Å²) in [5.41, 5.74) is 1.22. The van der Waals surface area contributed by atoms with Crippen LogP contribution in [0.1, 0.15) is 18.5 Å². The molecule has 1 fully saturated rings. The second kappa shape index (κ2) is 6.84. The van der Waals surface area contributed by atoms with E-state index >= 15 is 0 Å². The molecule has 0 spiro atoms. The molecule has 118 valence electrons. The van der Waals surface area contributed by atoms with Crippen LogP contribution in [0.3, 0.4) is 0 Å². The molecule has 0 bridgehead atoms. The van der Waals surface area contributed by atoms with Gasteiger partial charge in [0.15, 0.2) is 0 Å². The number of rotatable bonds is 3. The number of hydrogen-bond donors (Lipinski definition) is 0. The van der Waals surface area contributed by atoms with E-state index in [2.05, 4.69) is 9.88 Å². The summed E-state index contributed by atoms with van der Waals surface area (Å²) in [5, 5.41) is 9.30. The number of benzene rings is 1. The van der Waals surface area contributed by atoms with Crippen molar-refractivity contribution in [3.63, 3.8) is 0 Å². The molecule has 1 aliphatic rings. The quantitative estimate of drug-likeness (QED) is 0.803. The predicted octanol–water partition coefficient (Wildman–Crippen LogP) is 3.79. The SMILES string of the molecule is N#Cc1cc(N2CCC(Oc3ccc(F)cc3)CC2)cc(Cl)n1. The molecule has 3 rings (SSSR count). The lowest BCUT2D eigenvalue weighted by molar-refractivity contribution is 0.171. The van der Waals surface area contributed by atoms with Gasteiger partial charge >= 0.3 is 0 Å². The number of aromatic nitrogens is 1. The maximum atomic E-state index is 12.9. The van der Waals surface area contributed by atoms with E-state index in [4.69, 9.17) is 21.6 Å². The van der Waals surface area contributed by atoms with E-state index in [0.29, 0.717) is 16.6 Å². The molecular weight excluding hydrogens is 317 g/mol. The minimum absolute atomic E-state index is 0.101. The summed E-state index contributed by atoms with van der Waals surface area (Å²) in [4.78, 5) is 6.11. The molecule has 0 atom stereocenters. The molecule has 1 aromatic carbocycles. The van der Waals surface area contributed by atoms with Gasteiger partial charge in [0.1, 0.15) is 34.6 Å². The second-order valence-corrected chi connectivity index (χ2v) is 5.79. The van der Waals surface area contributed by atoms with Gasteiger partial charge in [0, 0.05) is 31.6 Å². The predicted molar refractivity (Wildman–Crippen MR) is 86.2 cm³/mol. The van der Waals surface area contributed by atoms with Crippen molar-refractivity contribution in [3.8, 4) is 11.8 Å². The standard InChI is InChI=1S/C17H15ClFN3O/c18-17-10-14(9-13(11-20)21-17)22-7-5-16(6-8-22)23-15-3-1-12(19)2-4-15/h1-4,9-10,16H,5-8H2. The highest BCUT2D eigenvalue weighted by Crippen LogP contribution is 2.25. The molecule has 0 unspecified atom stereocenters. The van der Waals surface area contributed by atoms with Gasteiger partial charge in [-0.1, -0.05) is 11.6 Å². The van der Waals surface area contributed by atoms with Gasteiger partial charge in [0.25, 0.3) is 0 Å². The molecule has 0 N–H and O–H groups in total. The van der Waals surface area contributed by atoms with Crippen LogP contribution in [0.15, 0.2) is 36.4 Å². The average molecular weight is 332 g/mol. The van der Waals surface area contributed by atoms with Gasteiger partial charge in [-0.05, 0) is 36.4 Å². The number of pyridine rings is 1. The van der Waals surface area contributed by atoms with Crippen LogP contribution in [0.25, 0.3) is 0 Å². The Morgan fingerprint density at radius 3 is 2.57 bits per heavy atom. The molecule has 0 radical (unpaired) electrons. The van der Waals surface area contributed by atoms with Crippen LogP contribution in [0.4, 0.5) is 10.1 Å². The smallest absolute Gasteiger partial charge is 0.144 e. The number of nitrogens with zero attached hydrogens (tertiary/aromatic N) is 3. The van der Waals surface area contributed by atoms with Gasteiger partial charge in [-0.2, -0.15) is 5.26 Å². The van der Waals surface area contributed by atoms with Crippen LogP contribution in [0.5, 0.6) is 5.75 Å². The number of piperidine rings is 1. The highest BCUT2D eigenvalue weighted by Gasteiger charge is 2.21. The van der Waals surface area contributed by atoms with E-state index < -0.39 is 0 Å². The monoisotopic (exact) mass is 331 g/mol. The molecule has 1 saturated heterocycles. The Balaban J connectivity index is 1.61. The van der Waals surface area contributed by atoms with Gasteiger partial charge < -0.3 is 9.64 Å². The molecule has 0 amide bonds. The molecule has 2 aromatic rings. The fourth-order valence-electron chi connectivity index (χ4n) is 2.66. The van der Waals surface area contributed by atoms with E-state index in [1.165, 1.54) is 12.1 Å². The summed E-state index contributed by atoms with van der Waals surface area (Å²) in [6, 6.07) is 11.6. The average Bonchev–Trinajstić information content (AvgIpc) is 2.57. The Labute approximate surface area is 139 Å². The van der Waals surface area contributed by atoms with Crippen molar-refractivity contribution in [2.75, 3.05) is 18.0 Å². The van der Waals surface area contributed by atoms with E-state index in [1.54, 1.807) is 24.3 Å². The van der Waals surface area contributed by atoms with E-state index in [1.807, 2.05) is 6.07 Å². The Kier molecular flexibility index (Phi) is 4.63. The molecule has 1 aliphatic heterocycles. The first kappa shape index (κ1) is 15.6. The summed E-state index contributed by atoms with van der Waals surface area (Å²) < 4.78 is 18.8. The first-order chi connectivity index (χ1) is 11.1. The molecule has 4 nitrogen and oxygen atoms in total. The van der Waals surface area contributed by atoms with Crippen molar-refractivity contribution in [1.29, 1.82) is 5.26 Å². The van der Waals surface area contributed by atoms with Crippen LogP contribution in [0, 0.1) is 17.1 Å². The third kappa shape index (κ3) is 3.91. The number of ether oxygens (including phenoxy) is 1. The Morgan fingerprint density at radius 1 is 1.22 bits per heavy atom. The Morgan fingerprint density at radius 2 is 1.91 bits per heavy atom. The molecule has 23 heavy (non-hydrogen) atoms. The lowest BCUT2D eigenvalue weighted by Gasteiger charge is -2.33. The summed E-state index contributed by atoms with van der Waals surface area (Å²) in [6.07, 6.45) is 1.79. The summed E-state index contributed by atoms with van der Waals surface area (Å²) >= 11 is 5.95. The van der Waals surface area contributed by atoms with Crippen molar-refractivity contribution in [3.05, 3.63) is 53.1 Å². The molecule has 2 heterocycles. The van der Waals surface area contributed by atoms with Gasteiger partial charge in [-0.15, -0.1) is 0 Å². The van der Waals surface area contributed by atoms with Gasteiger partial charge in [-0.3, -0.25) is 0 Å². The van der Waals surface area contributed by atoms with E-state index in [-0.39, 0.29) is 11.9 Å². The van der Waals surface area contributed by atoms with Crippen LogP contribution in [-0.4, -0.2) is 24.2 Å². The first-order valence-electron chi connectivity index (χ1n) is 7.39. The third-order valence-electron chi connectivity index (χ3n) is 3.82. The fourth-order valence-corrected chi connectivity index (χ4v) is 2.86. The zero-order valence-corrected chi connectivity index (χ0v) is 13.1. The van der Waals surface area contributed by atoms with Crippen molar-refractivity contribution in [1.82, 2.24) is 4.98 Å². The van der Waals surface area contributed by atoms with Gasteiger partial charge in [0.2, 0.25) is 0 Å². The highest BCUT2D eigenvalue weighted by atomic mass is 35.5. The first-order valence-corrected chi connectivity index (χ1v) is 7.77. The highest BCUT2D eigenvalue weighted by molar-refractivity contribution is 6.29. The Bertz CT molecular complexity index is 722. The van der Waals surface area contributed by atoms with Crippen molar-refractivity contribution >= 4 is 17.3 Å². The molecule has 0 aliphatic carbocycles. The van der Waals surface area contributed by atoms with Crippen LogP contribution < -0.4 is 9.64 Å². The zero-order chi connectivity index (χ0) is 16.2. The van der Waals surface area contributed by atoms with Crippen LogP contribution in [0.2, 0.25) is 5.15 Å². The van der Waals surface area contributed by atoms with E-state index in [9.17, 15) is 4.39 Å². The van der Waals surface area contributed by atoms with Crippen molar-refractivity contribution in [2.24, 2.45) is 0 Å². The number of halogens is 2. The summed E-state index contributed by atoms with van der Waals surface area (Å²) in [7, 11) is 0. The largest absolute Gasteiger partial charge is 0.490 e. The molecule has 6 heteroatoms. The summed E-state index contributed by atoms with van der Waals surface area (Å²) in [6.45, 7) is 1.61. The second-order valence-electron chi connectivity index (χ2n) is 5.40. The molecule has 1 aromatic heterocycles. The Hall–Kier alpha value is -2.32. The van der Waals surface area contributed by atoms with E-state index in [0.717, 1.165) is 31.6 Å². The van der Waals surface area contributed by atoms with Crippen molar-refractivity contribution in [2.45, 2.75) is 18.9 Å². The molecular formula is C17H15ClFN3O. The minimum Gasteiger partial charge on any atom is -0.490 e. The van der Waals surface area contributed by atoms with Crippen LogP contribution in [-0.2, 0) is 0 Å².